The van der Waals surface area contributed by atoms with Crippen LogP contribution in [0.3, 0.4) is 0 Å². The number of hydrogen-bond acceptors (Lipinski definition) is 4. The summed E-state index contributed by atoms with van der Waals surface area (Å²) in [6.07, 6.45) is 35.7. The fourth-order valence-corrected chi connectivity index (χ4v) is 5.36. The number of aromatic amines is 1. The van der Waals surface area contributed by atoms with Crippen molar-refractivity contribution in [3.63, 3.8) is 0 Å². The van der Waals surface area contributed by atoms with Crippen molar-refractivity contribution in [1.82, 2.24) is 20.5 Å². The van der Waals surface area contributed by atoms with E-state index in [0.717, 1.165) is 71.9 Å². The average molecular weight is 669 g/mol. The van der Waals surface area contributed by atoms with Crippen molar-refractivity contribution in [2.24, 2.45) is 0 Å². The van der Waals surface area contributed by atoms with Crippen LogP contribution in [-0.4, -0.2) is 33.7 Å². The van der Waals surface area contributed by atoms with E-state index in [4.69, 9.17) is 4.74 Å². The summed E-state index contributed by atoms with van der Waals surface area (Å²) >= 11 is 0. The van der Waals surface area contributed by atoms with Gasteiger partial charge in [0.15, 0.2) is 0 Å². The van der Waals surface area contributed by atoms with E-state index in [-0.39, 0.29) is 11.9 Å². The monoisotopic (exact) mass is 668 g/mol. The highest BCUT2D eigenvalue weighted by Crippen LogP contribution is 2.26. The maximum Gasteiger partial charge on any atom is 0.220 e. The van der Waals surface area contributed by atoms with Crippen molar-refractivity contribution < 1.29 is 9.53 Å². The molecule has 0 fully saturated rings. The Morgan fingerprint density at radius 2 is 1.44 bits per heavy atom. The molecule has 4 aromatic rings. The lowest BCUT2D eigenvalue weighted by Crippen LogP contribution is -2.40. The van der Waals surface area contributed by atoms with Gasteiger partial charge in [0.05, 0.1) is 17.3 Å². The third-order valence-electron chi connectivity index (χ3n) is 8.05. The number of allylic oxidation sites excluding steroid dienone is 12. The summed E-state index contributed by atoms with van der Waals surface area (Å²) in [5.41, 5.74) is 4.92. The van der Waals surface area contributed by atoms with E-state index in [2.05, 4.69) is 119 Å². The molecule has 2 aromatic carbocycles. The zero-order valence-corrected chi connectivity index (χ0v) is 29.6. The van der Waals surface area contributed by atoms with Gasteiger partial charge in [0, 0.05) is 35.3 Å². The predicted octanol–water partition coefficient (Wildman–Crippen LogP) is 10.5. The Hall–Kier alpha value is -5.23. The molecule has 0 saturated carbocycles. The molecule has 0 aliphatic heterocycles. The van der Waals surface area contributed by atoms with Gasteiger partial charge in [-0.3, -0.25) is 14.9 Å². The van der Waals surface area contributed by atoms with E-state index in [0.29, 0.717) is 31.6 Å². The predicted molar refractivity (Wildman–Crippen MR) is 209 cm³/mol. The number of aromatic nitrogens is 3. The summed E-state index contributed by atoms with van der Waals surface area (Å²) in [5.74, 6) is 0.734. The number of amides is 1. The fraction of sp³-hybridized carbons (Fsp3) is 0.295. The van der Waals surface area contributed by atoms with E-state index >= 15 is 0 Å². The number of nitrogens with zero attached hydrogens (tertiary/aromatic N) is 2. The van der Waals surface area contributed by atoms with Gasteiger partial charge in [0.2, 0.25) is 5.91 Å². The number of nitrogens with one attached hydrogen (secondary N) is 2. The molecular weight excluding hydrogens is 617 g/mol. The third kappa shape index (κ3) is 14.1. The zero-order chi connectivity index (χ0) is 35.1. The smallest absolute Gasteiger partial charge is 0.220 e. The van der Waals surface area contributed by atoms with Crippen molar-refractivity contribution in [3.8, 4) is 17.0 Å². The maximum absolute atomic E-state index is 12.9. The van der Waals surface area contributed by atoms with E-state index < -0.39 is 0 Å². The summed E-state index contributed by atoms with van der Waals surface area (Å²) in [4.78, 5) is 17.5. The molecule has 260 valence electrons. The first-order valence-electron chi connectivity index (χ1n) is 17.9. The van der Waals surface area contributed by atoms with Crippen molar-refractivity contribution in [1.29, 1.82) is 0 Å². The Balaban J connectivity index is 1.17. The molecule has 50 heavy (non-hydrogen) atoms. The first-order valence-corrected chi connectivity index (χ1v) is 17.9. The van der Waals surface area contributed by atoms with Crippen LogP contribution < -0.4 is 10.1 Å². The van der Waals surface area contributed by atoms with Gasteiger partial charge < -0.3 is 10.1 Å². The van der Waals surface area contributed by atoms with Crippen molar-refractivity contribution in [2.75, 3.05) is 6.61 Å². The zero-order valence-electron chi connectivity index (χ0n) is 29.6. The number of rotatable bonds is 21. The number of carbonyl (C=O) groups excluding carboxylic acids is 1. The molecule has 0 saturated heterocycles. The lowest BCUT2D eigenvalue weighted by molar-refractivity contribution is -0.121. The van der Waals surface area contributed by atoms with Crippen LogP contribution >= 0.6 is 0 Å². The lowest BCUT2D eigenvalue weighted by atomic mass is 10.1. The standard InChI is InChI=1S/C44H52N4O2/c1-3-4-5-6-7-8-9-10-11-12-13-14-15-16-17-18-19-20-24-27-44(49)46-39(32-37-25-22-21-23-26-37)35-50-40-30-31-45-43(34-40)38-28-29-42-41(33-38)36(2)47-48-42/h4-5,7-8,10-11,13-14,16-17,19-23,25-26,28-31,33-34,39H,3,6,9,12,15,18,24,27,32,35H2,1-2H3,(H,46,49)(H,47,48). The summed E-state index contributed by atoms with van der Waals surface area (Å²) in [6.45, 7) is 4.52. The first-order chi connectivity index (χ1) is 24.6. The van der Waals surface area contributed by atoms with Gasteiger partial charge in [-0.05, 0) is 82.1 Å². The van der Waals surface area contributed by atoms with Crippen LogP contribution in [0.1, 0.15) is 69.5 Å². The number of aryl methyl sites for hydroxylation is 1. The maximum atomic E-state index is 12.9. The molecule has 1 atom stereocenters. The number of ether oxygens (including phenoxy) is 1. The Morgan fingerprint density at radius 1 is 0.800 bits per heavy atom. The van der Waals surface area contributed by atoms with Crippen LogP contribution in [0.4, 0.5) is 0 Å². The normalized spacial score (nSPS) is 12.9. The highest BCUT2D eigenvalue weighted by atomic mass is 16.5. The molecule has 6 nitrogen and oxygen atoms in total. The molecule has 2 heterocycles. The van der Waals surface area contributed by atoms with E-state index in [1.807, 2.05) is 49.4 Å². The Kier molecular flexibility index (Phi) is 16.8. The largest absolute Gasteiger partial charge is 0.491 e. The molecule has 0 radical (unpaired) electrons. The Labute approximate surface area is 298 Å². The Bertz CT molecular complexity index is 1760. The quantitative estimate of drug-likeness (QED) is 0.0866. The summed E-state index contributed by atoms with van der Waals surface area (Å²) in [7, 11) is 0. The van der Waals surface area contributed by atoms with Crippen molar-refractivity contribution >= 4 is 16.8 Å². The van der Waals surface area contributed by atoms with Gasteiger partial charge >= 0.3 is 0 Å². The fourth-order valence-electron chi connectivity index (χ4n) is 5.36. The second-order valence-corrected chi connectivity index (χ2v) is 12.2. The van der Waals surface area contributed by atoms with Crippen LogP contribution in [0, 0.1) is 6.92 Å². The van der Waals surface area contributed by atoms with Gasteiger partial charge in [-0.1, -0.05) is 116 Å². The number of benzene rings is 2. The molecular formula is C44H52N4O2. The van der Waals surface area contributed by atoms with Gasteiger partial charge in [0.1, 0.15) is 12.4 Å². The summed E-state index contributed by atoms with van der Waals surface area (Å²) < 4.78 is 6.24. The molecule has 1 amide bonds. The second kappa shape index (κ2) is 22.4. The second-order valence-electron chi connectivity index (χ2n) is 12.2. The highest BCUT2D eigenvalue weighted by molar-refractivity contribution is 5.86. The molecule has 2 aromatic heterocycles. The average Bonchev–Trinajstić information content (AvgIpc) is 3.51. The minimum absolute atomic E-state index is 0.0215. The van der Waals surface area contributed by atoms with E-state index in [9.17, 15) is 4.79 Å². The molecule has 0 aliphatic rings. The lowest BCUT2D eigenvalue weighted by Gasteiger charge is -2.20. The Morgan fingerprint density at radius 3 is 2.10 bits per heavy atom. The van der Waals surface area contributed by atoms with Gasteiger partial charge in [-0.15, -0.1) is 0 Å². The molecule has 2 N–H and O–H groups in total. The van der Waals surface area contributed by atoms with Crippen LogP contribution in [0.5, 0.6) is 5.75 Å². The van der Waals surface area contributed by atoms with Crippen LogP contribution in [-0.2, 0) is 11.2 Å². The number of pyridine rings is 1. The summed E-state index contributed by atoms with van der Waals surface area (Å²) in [5, 5.41) is 11.6. The van der Waals surface area contributed by atoms with Crippen LogP contribution in [0.25, 0.3) is 22.2 Å². The number of hydrogen-bond donors (Lipinski definition) is 2. The van der Waals surface area contributed by atoms with Crippen molar-refractivity contribution in [2.45, 2.75) is 77.7 Å². The number of carbonyl (C=O) groups is 1. The number of fused-ring (bicyclic) bond motifs is 1. The van der Waals surface area contributed by atoms with Crippen LogP contribution in [0.2, 0.25) is 0 Å². The molecule has 4 rings (SSSR count). The first kappa shape index (κ1) is 37.6. The number of H-pyrrole nitrogens is 1. The molecule has 1 unspecified atom stereocenters. The van der Waals surface area contributed by atoms with Crippen LogP contribution in [0.15, 0.2) is 140 Å². The highest BCUT2D eigenvalue weighted by Gasteiger charge is 2.15. The van der Waals surface area contributed by atoms with Gasteiger partial charge in [-0.2, -0.15) is 5.10 Å². The molecule has 6 heteroatoms. The van der Waals surface area contributed by atoms with E-state index in [1.165, 1.54) is 0 Å². The van der Waals surface area contributed by atoms with Crippen molar-refractivity contribution in [3.05, 3.63) is 151 Å². The summed E-state index contributed by atoms with van der Waals surface area (Å²) in [6, 6.07) is 19.9. The molecule has 0 bridgehead atoms. The van der Waals surface area contributed by atoms with E-state index in [1.54, 1.807) is 6.20 Å². The minimum Gasteiger partial charge on any atom is -0.491 e. The minimum atomic E-state index is -0.170. The van der Waals surface area contributed by atoms with Gasteiger partial charge in [0.25, 0.3) is 0 Å². The molecule has 0 spiro atoms. The SMILES string of the molecule is CCC=CCC=CCC=CCC=CCC=CCC=CCCC(=O)NC(COc1ccnc(-c2ccc3n[nH]c(C)c3c2)c1)Cc1ccccc1. The van der Waals surface area contributed by atoms with Gasteiger partial charge in [-0.25, -0.2) is 0 Å². The third-order valence-corrected chi connectivity index (χ3v) is 8.05. The molecule has 0 aliphatic carbocycles. The topological polar surface area (TPSA) is 79.9 Å².